The second-order valence-electron chi connectivity index (χ2n) is 8.30. The van der Waals surface area contributed by atoms with Crippen LogP contribution in [-0.2, 0) is 25.4 Å². The molecular weight excluding hydrogens is 354 g/mol. The molecule has 2 saturated carbocycles. The normalized spacial score (nSPS) is 32.4. The average Bonchev–Trinajstić information content (AvgIpc) is 2.86. The van der Waals surface area contributed by atoms with Gasteiger partial charge in [0.15, 0.2) is 0 Å². The molecule has 2 fully saturated rings. The van der Waals surface area contributed by atoms with Gasteiger partial charge in [-0.25, -0.2) is 0 Å². The SMILES string of the molecule is CCC(=O)O[C@]1(c2ccc(NS(=O)(=O)O)cc2)CC2CCC1(C)C2(C)C. The highest BCUT2D eigenvalue weighted by molar-refractivity contribution is 7.87. The van der Waals surface area contributed by atoms with Crippen molar-refractivity contribution in [2.24, 2.45) is 16.7 Å². The van der Waals surface area contributed by atoms with Crippen LogP contribution in [0.5, 0.6) is 0 Å². The van der Waals surface area contributed by atoms with Gasteiger partial charge in [-0.3, -0.25) is 14.1 Å². The van der Waals surface area contributed by atoms with Gasteiger partial charge in [-0.05, 0) is 48.3 Å². The van der Waals surface area contributed by atoms with E-state index in [2.05, 4.69) is 20.8 Å². The summed E-state index contributed by atoms with van der Waals surface area (Å²) < 4.78 is 39.1. The summed E-state index contributed by atoms with van der Waals surface area (Å²) >= 11 is 0. The van der Waals surface area contributed by atoms with E-state index >= 15 is 0 Å². The smallest absolute Gasteiger partial charge is 0.357 e. The molecule has 0 amide bonds. The topological polar surface area (TPSA) is 92.7 Å². The molecule has 0 aliphatic heterocycles. The number of hydrogen-bond acceptors (Lipinski definition) is 4. The Morgan fingerprint density at radius 1 is 1.27 bits per heavy atom. The maximum Gasteiger partial charge on any atom is 0.357 e. The standard InChI is InChI=1S/C19H27NO5S/c1-5-16(21)25-19(12-14-10-11-18(19,4)17(14,2)3)13-6-8-15(9-7-13)20-26(22,23)24/h6-9,14,20H,5,10-12H2,1-4H3,(H,22,23,24)/t14?,18?,19-/m0/s1. The van der Waals surface area contributed by atoms with Crippen molar-refractivity contribution >= 4 is 22.0 Å². The van der Waals surface area contributed by atoms with Gasteiger partial charge in [-0.2, -0.15) is 8.42 Å². The highest BCUT2D eigenvalue weighted by Crippen LogP contribution is 2.73. The highest BCUT2D eigenvalue weighted by atomic mass is 32.2. The Hall–Kier alpha value is -1.60. The van der Waals surface area contributed by atoms with E-state index in [-0.39, 0.29) is 22.5 Å². The van der Waals surface area contributed by atoms with Crippen LogP contribution in [0, 0.1) is 16.7 Å². The lowest BCUT2D eigenvalue weighted by Crippen LogP contribution is -2.48. The van der Waals surface area contributed by atoms with Crippen LogP contribution in [0.4, 0.5) is 5.69 Å². The zero-order valence-corrected chi connectivity index (χ0v) is 16.5. The van der Waals surface area contributed by atoms with E-state index in [9.17, 15) is 13.2 Å². The van der Waals surface area contributed by atoms with Gasteiger partial charge in [-0.1, -0.05) is 39.8 Å². The Morgan fingerprint density at radius 3 is 2.31 bits per heavy atom. The van der Waals surface area contributed by atoms with Crippen molar-refractivity contribution in [3.63, 3.8) is 0 Å². The predicted octanol–water partition coefficient (Wildman–Crippen LogP) is 3.90. The maximum atomic E-state index is 12.3. The third kappa shape index (κ3) is 2.72. The number of carbonyl (C=O) groups excluding carboxylic acids is 1. The lowest BCUT2D eigenvalue weighted by atomic mass is 9.62. The van der Waals surface area contributed by atoms with E-state index in [0.29, 0.717) is 12.3 Å². The fourth-order valence-electron chi connectivity index (χ4n) is 5.12. The molecular formula is C19H27NO5S. The number of esters is 1. The molecule has 0 aromatic heterocycles. The molecule has 26 heavy (non-hydrogen) atoms. The van der Waals surface area contributed by atoms with Gasteiger partial charge in [0.2, 0.25) is 0 Å². The van der Waals surface area contributed by atoms with Crippen LogP contribution in [0.2, 0.25) is 0 Å². The highest BCUT2D eigenvalue weighted by Gasteiger charge is 2.71. The summed E-state index contributed by atoms with van der Waals surface area (Å²) in [6.07, 6.45) is 3.18. The molecule has 2 aliphatic rings. The number of anilines is 1. The van der Waals surface area contributed by atoms with Gasteiger partial charge in [0, 0.05) is 11.8 Å². The third-order valence-electron chi connectivity index (χ3n) is 7.04. The number of fused-ring (bicyclic) bond motifs is 2. The number of rotatable bonds is 5. The first-order valence-corrected chi connectivity index (χ1v) is 10.5. The summed E-state index contributed by atoms with van der Waals surface area (Å²) in [7, 11) is -4.32. The molecule has 7 heteroatoms. The molecule has 2 N–H and O–H groups in total. The van der Waals surface area contributed by atoms with Crippen molar-refractivity contribution in [1.82, 2.24) is 0 Å². The van der Waals surface area contributed by atoms with Crippen LogP contribution in [0.15, 0.2) is 24.3 Å². The fraction of sp³-hybridized carbons (Fsp3) is 0.632. The number of benzene rings is 1. The second-order valence-corrected chi connectivity index (χ2v) is 9.46. The quantitative estimate of drug-likeness (QED) is 0.596. The van der Waals surface area contributed by atoms with E-state index < -0.39 is 15.9 Å². The minimum absolute atomic E-state index is 0.0341. The average molecular weight is 381 g/mol. The summed E-state index contributed by atoms with van der Waals surface area (Å²) in [5.74, 6) is 0.238. The summed E-state index contributed by atoms with van der Waals surface area (Å²) in [4.78, 5) is 12.3. The number of hydrogen-bond donors (Lipinski definition) is 2. The Labute approximate surface area is 155 Å². The van der Waals surface area contributed by atoms with E-state index in [1.54, 1.807) is 31.2 Å². The molecule has 0 spiro atoms. The largest absolute Gasteiger partial charge is 0.454 e. The molecule has 0 heterocycles. The van der Waals surface area contributed by atoms with Crippen LogP contribution in [0.1, 0.15) is 58.9 Å². The van der Waals surface area contributed by atoms with E-state index in [0.717, 1.165) is 24.8 Å². The molecule has 0 radical (unpaired) electrons. The molecule has 144 valence electrons. The molecule has 1 aromatic rings. The number of nitrogens with one attached hydrogen (secondary N) is 1. The Morgan fingerprint density at radius 2 is 1.88 bits per heavy atom. The van der Waals surface area contributed by atoms with Crippen LogP contribution >= 0.6 is 0 Å². The minimum atomic E-state index is -4.32. The second kappa shape index (κ2) is 5.96. The van der Waals surface area contributed by atoms with Crippen molar-refractivity contribution in [2.75, 3.05) is 4.72 Å². The van der Waals surface area contributed by atoms with E-state index in [4.69, 9.17) is 9.29 Å². The summed E-state index contributed by atoms with van der Waals surface area (Å²) in [6.45, 7) is 8.49. The van der Waals surface area contributed by atoms with Crippen LogP contribution < -0.4 is 4.72 Å². The third-order valence-corrected chi connectivity index (χ3v) is 7.53. The lowest BCUT2D eigenvalue weighted by molar-refractivity contribution is -0.182. The summed E-state index contributed by atoms with van der Waals surface area (Å²) in [5.41, 5.74) is 0.252. The van der Waals surface area contributed by atoms with Crippen LogP contribution in [0.25, 0.3) is 0 Å². The lowest BCUT2D eigenvalue weighted by Gasteiger charge is -2.48. The first-order chi connectivity index (χ1) is 12.0. The Bertz CT molecular complexity index is 817. The summed E-state index contributed by atoms with van der Waals surface area (Å²) in [6, 6.07) is 6.76. The van der Waals surface area contributed by atoms with Gasteiger partial charge in [0.1, 0.15) is 5.60 Å². The Kier molecular flexibility index (Phi) is 4.39. The van der Waals surface area contributed by atoms with Crippen molar-refractivity contribution in [1.29, 1.82) is 0 Å². The molecule has 3 atom stereocenters. The first kappa shape index (κ1) is 19.2. The van der Waals surface area contributed by atoms with Gasteiger partial charge >= 0.3 is 16.3 Å². The fourth-order valence-corrected chi connectivity index (χ4v) is 5.55. The van der Waals surface area contributed by atoms with Crippen LogP contribution in [0.3, 0.4) is 0 Å². The minimum Gasteiger partial charge on any atom is -0.454 e. The van der Waals surface area contributed by atoms with Gasteiger partial charge in [0.05, 0.1) is 5.69 Å². The number of ether oxygens (including phenoxy) is 1. The van der Waals surface area contributed by atoms with E-state index in [1.807, 2.05) is 4.72 Å². The van der Waals surface area contributed by atoms with Crippen molar-refractivity contribution in [3.8, 4) is 0 Å². The van der Waals surface area contributed by atoms with Gasteiger partial charge < -0.3 is 4.74 Å². The molecule has 3 rings (SSSR count). The van der Waals surface area contributed by atoms with Crippen molar-refractivity contribution in [3.05, 3.63) is 29.8 Å². The van der Waals surface area contributed by atoms with Gasteiger partial charge in [-0.15, -0.1) is 0 Å². The molecule has 2 aliphatic carbocycles. The molecule has 1 aromatic carbocycles. The predicted molar refractivity (Wildman–Crippen MR) is 98.9 cm³/mol. The summed E-state index contributed by atoms with van der Waals surface area (Å²) in [5, 5.41) is 0. The van der Waals surface area contributed by atoms with Crippen LogP contribution in [-0.4, -0.2) is 18.9 Å². The van der Waals surface area contributed by atoms with Crippen molar-refractivity contribution in [2.45, 2.75) is 59.0 Å². The molecule has 2 unspecified atom stereocenters. The van der Waals surface area contributed by atoms with E-state index in [1.165, 1.54) is 0 Å². The monoisotopic (exact) mass is 381 g/mol. The Balaban J connectivity index is 2.05. The molecule has 6 nitrogen and oxygen atoms in total. The first-order valence-electron chi connectivity index (χ1n) is 9.03. The van der Waals surface area contributed by atoms with Crippen molar-refractivity contribution < 1.29 is 22.5 Å². The zero-order valence-electron chi connectivity index (χ0n) is 15.7. The molecule has 2 bridgehead atoms. The molecule has 0 saturated heterocycles. The van der Waals surface area contributed by atoms with Gasteiger partial charge in [0.25, 0.3) is 0 Å². The zero-order chi connectivity index (χ0) is 19.4. The maximum absolute atomic E-state index is 12.3. The number of carbonyl (C=O) groups is 1.